The largest absolute Gasteiger partial charge is 0.501 e. The zero-order chi connectivity index (χ0) is 32.3. The molecule has 4 nitrogen and oxygen atoms in total. The highest BCUT2D eigenvalue weighted by atomic mass is 35.5. The molecule has 0 saturated heterocycles. The standard InChI is InChI=1S/C38H46Cl2N2O2/c1-8-30(17-16-29(4)5)27-42(6)28-38(36-21-19-34(39)26-37(36)40)41-22-13-14-31-24-33(18-20-35(25-31)43-7)32(9-2)15-11-12-23-44-10-3/h8-9,11-14,16-22,24,26,28H,1,10,15,23,25,27H2,2-7H3/b12-11-,14-13+,30-17+,32-9+,38-28-,41-22+. The maximum Gasteiger partial charge on any atom is 0.0999 e. The van der Waals surface area contributed by atoms with Crippen molar-refractivity contribution >= 4 is 35.1 Å². The third-order valence-corrected chi connectivity index (χ3v) is 7.10. The van der Waals surface area contributed by atoms with Gasteiger partial charge in [-0.1, -0.05) is 90.0 Å². The van der Waals surface area contributed by atoms with E-state index in [9.17, 15) is 0 Å². The molecule has 1 aliphatic carbocycles. The minimum atomic E-state index is 0.535. The molecule has 0 N–H and O–H groups in total. The number of ether oxygens (including phenoxy) is 2. The van der Waals surface area contributed by atoms with Gasteiger partial charge in [0.1, 0.15) is 0 Å². The minimum absolute atomic E-state index is 0.535. The first kappa shape index (κ1) is 36.6. The van der Waals surface area contributed by atoms with E-state index in [1.165, 1.54) is 11.1 Å². The number of halogens is 2. The second-order valence-electron chi connectivity index (χ2n) is 10.4. The average Bonchev–Trinajstić information content (AvgIpc) is 3.21. The molecule has 6 heteroatoms. The summed E-state index contributed by atoms with van der Waals surface area (Å²) in [4.78, 5) is 6.88. The van der Waals surface area contributed by atoms with E-state index >= 15 is 0 Å². The molecule has 44 heavy (non-hydrogen) atoms. The van der Waals surface area contributed by atoms with Crippen molar-refractivity contribution < 1.29 is 9.47 Å². The van der Waals surface area contributed by atoms with Crippen LogP contribution in [0, 0.1) is 0 Å². The van der Waals surface area contributed by atoms with Crippen molar-refractivity contribution in [2.75, 3.05) is 33.9 Å². The van der Waals surface area contributed by atoms with Crippen LogP contribution in [-0.2, 0) is 9.47 Å². The Morgan fingerprint density at radius 1 is 1.14 bits per heavy atom. The van der Waals surface area contributed by atoms with Crippen LogP contribution in [0.25, 0.3) is 5.70 Å². The predicted octanol–water partition coefficient (Wildman–Crippen LogP) is 10.6. The van der Waals surface area contributed by atoms with Crippen molar-refractivity contribution in [1.29, 1.82) is 0 Å². The van der Waals surface area contributed by atoms with Gasteiger partial charge in [-0.05, 0) is 86.8 Å². The summed E-state index contributed by atoms with van der Waals surface area (Å²) >= 11 is 12.8. The fraction of sp³-hybridized carbons (Fsp3) is 0.289. The lowest BCUT2D eigenvalue weighted by Crippen LogP contribution is -2.14. The highest BCUT2D eigenvalue weighted by Crippen LogP contribution is 2.29. The number of methoxy groups -OCH3 is 1. The number of likely N-dealkylation sites (N-methyl/N-ethyl adjacent to an activating group) is 1. The van der Waals surface area contributed by atoms with Gasteiger partial charge in [0, 0.05) is 49.6 Å². The van der Waals surface area contributed by atoms with Gasteiger partial charge in [0.15, 0.2) is 0 Å². The van der Waals surface area contributed by atoms with Crippen LogP contribution in [0.3, 0.4) is 0 Å². The van der Waals surface area contributed by atoms with E-state index in [1.54, 1.807) is 19.4 Å². The fourth-order valence-corrected chi connectivity index (χ4v) is 4.72. The van der Waals surface area contributed by atoms with Gasteiger partial charge in [0.2, 0.25) is 0 Å². The number of nitrogens with zero attached hydrogens (tertiary/aromatic N) is 2. The first-order valence-corrected chi connectivity index (χ1v) is 15.5. The zero-order valence-corrected chi connectivity index (χ0v) is 28.5. The smallest absolute Gasteiger partial charge is 0.0999 e. The van der Waals surface area contributed by atoms with Gasteiger partial charge < -0.3 is 14.4 Å². The molecule has 2 rings (SSSR count). The van der Waals surface area contributed by atoms with E-state index in [2.05, 4.69) is 80.9 Å². The molecule has 1 aromatic rings. The van der Waals surface area contributed by atoms with Gasteiger partial charge in [-0.25, -0.2) is 0 Å². The Kier molecular flexibility index (Phi) is 17.0. The highest BCUT2D eigenvalue weighted by Gasteiger charge is 2.10. The first-order chi connectivity index (χ1) is 21.2. The van der Waals surface area contributed by atoms with Crippen molar-refractivity contribution in [3.05, 3.63) is 147 Å². The SMILES string of the molecule is C=C/C(=C\C=C(C)C)CN(C)\C=C(/N=C/C=C/C1=CC(/C(=C/C)C/C=C\COCC)=CC=C(OC)C1)c1ccc(Cl)cc1Cl. The molecular weight excluding hydrogens is 587 g/mol. The Labute approximate surface area is 275 Å². The monoisotopic (exact) mass is 632 g/mol. The molecule has 0 amide bonds. The lowest BCUT2D eigenvalue weighted by molar-refractivity contribution is 0.177. The van der Waals surface area contributed by atoms with Crippen molar-refractivity contribution in [3.8, 4) is 0 Å². The number of rotatable bonds is 16. The summed E-state index contributed by atoms with van der Waals surface area (Å²) in [5.74, 6) is 0.893. The molecule has 0 radical (unpaired) electrons. The lowest BCUT2D eigenvalue weighted by Gasteiger charge is -2.17. The molecule has 0 saturated carbocycles. The van der Waals surface area contributed by atoms with Crippen molar-refractivity contribution in [3.63, 3.8) is 0 Å². The summed E-state index contributed by atoms with van der Waals surface area (Å²) < 4.78 is 11.1. The average molecular weight is 634 g/mol. The van der Waals surface area contributed by atoms with Crippen molar-refractivity contribution in [2.45, 2.75) is 40.5 Å². The topological polar surface area (TPSA) is 34.1 Å². The second-order valence-corrected chi connectivity index (χ2v) is 11.2. The Morgan fingerprint density at radius 3 is 2.59 bits per heavy atom. The van der Waals surface area contributed by atoms with Crippen LogP contribution in [0.1, 0.15) is 46.1 Å². The zero-order valence-electron chi connectivity index (χ0n) is 26.9. The number of hydrogen-bond donors (Lipinski definition) is 0. The Morgan fingerprint density at radius 2 is 1.93 bits per heavy atom. The van der Waals surface area contributed by atoms with E-state index in [0.717, 1.165) is 34.5 Å². The van der Waals surface area contributed by atoms with Gasteiger partial charge >= 0.3 is 0 Å². The number of hydrogen-bond acceptors (Lipinski definition) is 4. The van der Waals surface area contributed by atoms with Crippen LogP contribution in [0.4, 0.5) is 0 Å². The van der Waals surface area contributed by atoms with Crippen LogP contribution in [0.5, 0.6) is 0 Å². The summed E-state index contributed by atoms with van der Waals surface area (Å²) in [5, 5.41) is 1.11. The predicted molar refractivity (Wildman–Crippen MR) is 192 cm³/mol. The maximum absolute atomic E-state index is 6.61. The third-order valence-electron chi connectivity index (χ3n) is 6.56. The maximum atomic E-state index is 6.61. The van der Waals surface area contributed by atoms with E-state index in [1.807, 2.05) is 50.5 Å². The van der Waals surface area contributed by atoms with Gasteiger partial charge in [-0.15, -0.1) is 0 Å². The molecule has 0 bridgehead atoms. The second kappa shape index (κ2) is 20.4. The molecule has 0 aromatic heterocycles. The molecule has 0 aliphatic heterocycles. The molecule has 0 fully saturated rings. The van der Waals surface area contributed by atoms with Crippen LogP contribution in [0.15, 0.2) is 136 Å². The van der Waals surface area contributed by atoms with Crippen LogP contribution in [0.2, 0.25) is 10.0 Å². The van der Waals surface area contributed by atoms with Crippen LogP contribution < -0.4 is 0 Å². The lowest BCUT2D eigenvalue weighted by atomic mass is 9.99. The first-order valence-electron chi connectivity index (χ1n) is 14.8. The third kappa shape index (κ3) is 13.4. The number of benzene rings is 1. The molecule has 0 spiro atoms. The van der Waals surface area contributed by atoms with E-state index < -0.39 is 0 Å². The van der Waals surface area contributed by atoms with Crippen LogP contribution in [-0.4, -0.2) is 45.0 Å². The highest BCUT2D eigenvalue weighted by molar-refractivity contribution is 6.35. The summed E-state index contributed by atoms with van der Waals surface area (Å²) in [7, 11) is 3.71. The minimum Gasteiger partial charge on any atom is -0.501 e. The molecule has 0 heterocycles. The molecular formula is C38H46Cl2N2O2. The number of allylic oxidation sites excluding steroid dienone is 13. The summed E-state index contributed by atoms with van der Waals surface area (Å²) in [6.45, 7) is 14.2. The van der Waals surface area contributed by atoms with Gasteiger partial charge in [-0.2, -0.15) is 0 Å². The molecule has 1 aromatic carbocycles. The van der Waals surface area contributed by atoms with Crippen molar-refractivity contribution in [2.24, 2.45) is 4.99 Å². The van der Waals surface area contributed by atoms with Gasteiger partial charge in [0.25, 0.3) is 0 Å². The van der Waals surface area contributed by atoms with E-state index in [-0.39, 0.29) is 0 Å². The molecule has 234 valence electrons. The van der Waals surface area contributed by atoms with E-state index in [4.69, 9.17) is 37.7 Å². The normalized spacial score (nSPS) is 14.9. The fourth-order valence-electron chi connectivity index (χ4n) is 4.22. The summed E-state index contributed by atoms with van der Waals surface area (Å²) in [6.07, 6.45) is 28.0. The number of aliphatic imine (C=N–C) groups is 1. The molecule has 0 unspecified atom stereocenters. The summed E-state index contributed by atoms with van der Waals surface area (Å²) in [6, 6.07) is 5.44. The van der Waals surface area contributed by atoms with Gasteiger partial charge in [-0.3, -0.25) is 4.99 Å². The van der Waals surface area contributed by atoms with Crippen LogP contribution >= 0.6 is 23.2 Å². The Hall–Kier alpha value is -3.57. The Balaban J connectivity index is 2.36. The van der Waals surface area contributed by atoms with Gasteiger partial charge in [0.05, 0.1) is 30.2 Å². The van der Waals surface area contributed by atoms with E-state index in [0.29, 0.717) is 41.9 Å². The van der Waals surface area contributed by atoms with Crippen molar-refractivity contribution in [1.82, 2.24) is 4.90 Å². The quantitative estimate of drug-likeness (QED) is 0.0786. The molecule has 1 aliphatic rings. The summed E-state index contributed by atoms with van der Waals surface area (Å²) in [5.41, 5.74) is 7.31. The molecule has 0 atom stereocenters. The Bertz CT molecular complexity index is 1430.